The summed E-state index contributed by atoms with van der Waals surface area (Å²) in [7, 11) is 0. The minimum atomic E-state index is 0.424. The smallest absolute Gasteiger partial charge is 0.0241 e. The number of hydrogen-bond donors (Lipinski definition) is 0. The highest BCUT2D eigenvalue weighted by molar-refractivity contribution is 5.03. The minimum absolute atomic E-state index is 0.424. The number of rotatable bonds is 6. The minimum Gasteiger partial charge on any atom is -0.0625 e. The summed E-state index contributed by atoms with van der Waals surface area (Å²) in [6.07, 6.45) is 2.93. The molecule has 0 saturated heterocycles. The van der Waals surface area contributed by atoms with Crippen LogP contribution in [0.2, 0.25) is 0 Å². The Morgan fingerprint density at radius 1 is 0.700 bits per heavy atom. The Labute approximate surface area is 129 Å². The second-order valence-electron chi connectivity index (χ2n) is 9.43. The first-order valence-electron chi connectivity index (χ1n) is 8.95. The van der Waals surface area contributed by atoms with E-state index in [1.54, 1.807) is 0 Å². The van der Waals surface area contributed by atoms with Crippen LogP contribution in [0.25, 0.3) is 0 Å². The van der Waals surface area contributed by atoms with Crippen molar-refractivity contribution >= 4 is 0 Å². The third-order valence-corrected chi connectivity index (χ3v) is 7.41. The van der Waals surface area contributed by atoms with Crippen molar-refractivity contribution in [3.05, 3.63) is 0 Å². The van der Waals surface area contributed by atoms with Crippen molar-refractivity contribution in [2.75, 3.05) is 0 Å². The molecule has 1 rings (SSSR count). The van der Waals surface area contributed by atoms with Crippen molar-refractivity contribution in [1.82, 2.24) is 0 Å². The Hall–Kier alpha value is 0. The molecule has 0 heterocycles. The molecule has 20 heavy (non-hydrogen) atoms. The zero-order valence-electron chi connectivity index (χ0n) is 15.9. The normalized spacial score (nSPS) is 25.9. The highest BCUT2D eigenvalue weighted by atomic mass is 14.6. The Morgan fingerprint density at radius 2 is 1.15 bits per heavy atom. The van der Waals surface area contributed by atoms with E-state index in [4.69, 9.17) is 0 Å². The lowest BCUT2D eigenvalue weighted by atomic mass is 9.63. The lowest BCUT2D eigenvalue weighted by Crippen LogP contribution is -2.36. The molecule has 0 bridgehead atoms. The van der Waals surface area contributed by atoms with Crippen LogP contribution in [0.1, 0.15) is 82.1 Å². The summed E-state index contributed by atoms with van der Waals surface area (Å²) < 4.78 is 0. The number of hydrogen-bond acceptors (Lipinski definition) is 0. The van der Waals surface area contributed by atoms with E-state index in [2.05, 4.69) is 69.2 Å². The second kappa shape index (κ2) is 6.01. The van der Waals surface area contributed by atoms with Gasteiger partial charge in [0.25, 0.3) is 0 Å². The molecule has 1 aliphatic carbocycles. The molecule has 0 nitrogen and oxygen atoms in total. The highest BCUT2D eigenvalue weighted by Gasteiger charge is 2.53. The van der Waals surface area contributed by atoms with E-state index in [0.29, 0.717) is 10.8 Å². The summed E-state index contributed by atoms with van der Waals surface area (Å²) in [5.41, 5.74) is 1.08. The van der Waals surface area contributed by atoms with E-state index in [1.165, 1.54) is 12.8 Å². The van der Waals surface area contributed by atoms with Crippen molar-refractivity contribution in [2.24, 2.45) is 46.3 Å². The average Bonchev–Trinajstić information content (AvgIpc) is 3.14. The van der Waals surface area contributed by atoms with Crippen LogP contribution in [0.4, 0.5) is 0 Å². The predicted molar refractivity (Wildman–Crippen MR) is 91.8 cm³/mol. The summed E-state index contributed by atoms with van der Waals surface area (Å²) in [5, 5.41) is 0. The fraction of sp³-hybridized carbons (Fsp3) is 1.00. The van der Waals surface area contributed by atoms with E-state index in [-0.39, 0.29) is 0 Å². The van der Waals surface area contributed by atoms with Gasteiger partial charge in [0.15, 0.2) is 0 Å². The van der Waals surface area contributed by atoms with Crippen molar-refractivity contribution < 1.29 is 0 Å². The van der Waals surface area contributed by atoms with Gasteiger partial charge < -0.3 is 0 Å². The summed E-state index contributed by atoms with van der Waals surface area (Å²) >= 11 is 0. The van der Waals surface area contributed by atoms with Gasteiger partial charge in [-0.1, -0.05) is 69.2 Å². The molecule has 0 N–H and O–H groups in total. The lowest BCUT2D eigenvalue weighted by molar-refractivity contribution is 0.0621. The van der Waals surface area contributed by atoms with Crippen LogP contribution in [0.5, 0.6) is 0 Å². The van der Waals surface area contributed by atoms with Gasteiger partial charge in [-0.25, -0.2) is 0 Å². The Kier molecular flexibility index (Phi) is 5.43. The molecule has 1 aliphatic rings. The van der Waals surface area contributed by atoms with Crippen LogP contribution in [-0.2, 0) is 0 Å². The third kappa shape index (κ3) is 3.42. The fourth-order valence-corrected chi connectivity index (χ4v) is 4.36. The maximum Gasteiger partial charge on any atom is -0.0241 e. The fourth-order valence-electron chi connectivity index (χ4n) is 4.36. The first kappa shape index (κ1) is 18.1. The van der Waals surface area contributed by atoms with E-state index in [1.807, 2.05) is 0 Å². The molecule has 5 atom stereocenters. The molecule has 0 aromatic heterocycles. The first-order valence-corrected chi connectivity index (χ1v) is 8.95. The van der Waals surface area contributed by atoms with Crippen LogP contribution in [-0.4, -0.2) is 0 Å². The predicted octanol–water partition coefficient (Wildman–Crippen LogP) is 6.65. The van der Waals surface area contributed by atoms with Gasteiger partial charge in [0.1, 0.15) is 0 Å². The Balaban J connectivity index is 2.79. The molecule has 120 valence electrons. The molecular formula is C20H40. The van der Waals surface area contributed by atoms with Crippen LogP contribution in [0.15, 0.2) is 0 Å². The maximum absolute atomic E-state index is 2.54. The van der Waals surface area contributed by atoms with E-state index >= 15 is 0 Å². The summed E-state index contributed by atoms with van der Waals surface area (Å²) in [5.74, 6) is 4.97. The van der Waals surface area contributed by atoms with Gasteiger partial charge in [0.05, 0.1) is 0 Å². The molecular weight excluding hydrogens is 240 g/mol. The monoisotopic (exact) mass is 280 g/mol. The van der Waals surface area contributed by atoms with Crippen molar-refractivity contribution in [3.8, 4) is 0 Å². The molecule has 5 unspecified atom stereocenters. The van der Waals surface area contributed by atoms with Crippen LogP contribution >= 0.6 is 0 Å². The van der Waals surface area contributed by atoms with Gasteiger partial charge in [-0.05, 0) is 59.2 Å². The van der Waals surface area contributed by atoms with Gasteiger partial charge in [-0.15, -0.1) is 0 Å². The van der Waals surface area contributed by atoms with Gasteiger partial charge >= 0.3 is 0 Å². The quantitative estimate of drug-likeness (QED) is 0.511. The summed E-state index contributed by atoms with van der Waals surface area (Å²) in [4.78, 5) is 0. The maximum atomic E-state index is 2.54. The van der Waals surface area contributed by atoms with Crippen molar-refractivity contribution in [2.45, 2.75) is 82.1 Å². The Morgan fingerprint density at radius 3 is 1.45 bits per heavy atom. The van der Waals surface area contributed by atoms with E-state index < -0.39 is 0 Å². The molecule has 0 amide bonds. The molecule has 1 saturated carbocycles. The third-order valence-electron chi connectivity index (χ3n) is 7.41. The van der Waals surface area contributed by atoms with Gasteiger partial charge in [-0.3, -0.25) is 0 Å². The zero-order chi connectivity index (χ0) is 15.9. The SMILES string of the molecule is CC(C)C(C)C1(C(C)C(C)C(C)C(C)C(C)(C)C)CC1. The first-order chi connectivity index (χ1) is 8.95. The lowest BCUT2D eigenvalue weighted by Gasteiger charge is -2.42. The molecule has 0 aromatic carbocycles. The standard InChI is InChI=1S/C20H40/c1-13(2)16(5)20(11-12-20)18(7)15(4)14(3)17(6)19(8,9)10/h13-18H,11-12H2,1-10H3. The molecule has 0 spiro atoms. The molecule has 1 fully saturated rings. The molecule has 0 heteroatoms. The van der Waals surface area contributed by atoms with E-state index in [0.717, 1.165) is 35.5 Å². The topological polar surface area (TPSA) is 0 Å². The molecule has 0 radical (unpaired) electrons. The van der Waals surface area contributed by atoms with Crippen LogP contribution in [0, 0.1) is 46.3 Å². The second-order valence-corrected chi connectivity index (χ2v) is 9.43. The average molecular weight is 281 g/mol. The highest BCUT2D eigenvalue weighted by Crippen LogP contribution is 2.62. The Bertz CT molecular complexity index is 302. The summed E-state index contributed by atoms with van der Waals surface area (Å²) in [6, 6.07) is 0. The molecule has 0 aliphatic heterocycles. The van der Waals surface area contributed by atoms with Gasteiger partial charge in [0, 0.05) is 0 Å². The van der Waals surface area contributed by atoms with Crippen molar-refractivity contribution in [1.29, 1.82) is 0 Å². The largest absolute Gasteiger partial charge is 0.0625 e. The van der Waals surface area contributed by atoms with Gasteiger partial charge in [-0.2, -0.15) is 0 Å². The van der Waals surface area contributed by atoms with Crippen molar-refractivity contribution in [3.63, 3.8) is 0 Å². The molecule has 0 aromatic rings. The van der Waals surface area contributed by atoms with E-state index in [9.17, 15) is 0 Å². The van der Waals surface area contributed by atoms with Crippen LogP contribution in [0.3, 0.4) is 0 Å². The zero-order valence-corrected chi connectivity index (χ0v) is 15.9. The summed E-state index contributed by atoms with van der Waals surface area (Å²) in [6.45, 7) is 24.5. The van der Waals surface area contributed by atoms with Gasteiger partial charge in [0.2, 0.25) is 0 Å². The van der Waals surface area contributed by atoms with Crippen LogP contribution < -0.4 is 0 Å².